The molecule has 0 aliphatic carbocycles. The van der Waals surface area contributed by atoms with Gasteiger partial charge in [0.05, 0.1) is 5.75 Å². The smallest absolute Gasteiger partial charge is 0.127 e. The standard InChI is InChI=1S/C5H11NO2S/c1-5-3-2-4-9-6(5,7)8/h5,7H,2-4H2,1H3. The summed E-state index contributed by atoms with van der Waals surface area (Å²) in [4.78, 5) is 0. The number of nitrogens with zero attached hydrogens (tertiary/aromatic N) is 1. The van der Waals surface area contributed by atoms with Gasteiger partial charge in [-0.2, -0.15) is 4.21 Å². The molecule has 1 rings (SSSR count). The van der Waals surface area contributed by atoms with Crippen LogP contribution in [-0.4, -0.2) is 21.2 Å². The molecule has 2 unspecified atom stereocenters. The van der Waals surface area contributed by atoms with Gasteiger partial charge in [-0.3, -0.25) is 0 Å². The summed E-state index contributed by atoms with van der Waals surface area (Å²) in [6, 6.07) is -0.149. The highest BCUT2D eigenvalue weighted by Gasteiger charge is 2.29. The van der Waals surface area contributed by atoms with Crippen molar-refractivity contribution in [2.24, 2.45) is 0 Å². The van der Waals surface area contributed by atoms with Gasteiger partial charge in [0.2, 0.25) is 0 Å². The molecule has 0 amide bonds. The van der Waals surface area contributed by atoms with Crippen LogP contribution in [0.25, 0.3) is 0 Å². The van der Waals surface area contributed by atoms with E-state index in [1.54, 1.807) is 6.92 Å². The number of quaternary nitrogens is 1. The van der Waals surface area contributed by atoms with Gasteiger partial charge in [0.25, 0.3) is 0 Å². The second kappa shape index (κ2) is 2.46. The molecule has 0 aromatic carbocycles. The molecule has 1 saturated heterocycles. The molecule has 2 atom stereocenters. The van der Waals surface area contributed by atoms with E-state index in [2.05, 4.69) is 0 Å². The molecule has 0 radical (unpaired) electrons. The van der Waals surface area contributed by atoms with Crippen LogP contribution >= 0.6 is 11.9 Å². The maximum atomic E-state index is 10.9. The second-order valence-electron chi connectivity index (χ2n) is 2.39. The summed E-state index contributed by atoms with van der Waals surface area (Å²) < 4.78 is -1.10. The highest BCUT2D eigenvalue weighted by atomic mass is 32.2. The van der Waals surface area contributed by atoms with Gasteiger partial charge in [-0.05, 0) is 13.3 Å². The molecule has 9 heavy (non-hydrogen) atoms. The summed E-state index contributed by atoms with van der Waals surface area (Å²) in [7, 11) is 0. The highest BCUT2D eigenvalue weighted by Crippen LogP contribution is 2.30. The fourth-order valence-corrected chi connectivity index (χ4v) is 1.78. The summed E-state index contributed by atoms with van der Waals surface area (Å²) in [5.41, 5.74) is 0. The zero-order chi connectivity index (χ0) is 6.91. The number of hydrogen-bond acceptors (Lipinski definition) is 3. The lowest BCUT2D eigenvalue weighted by Crippen LogP contribution is -2.42. The quantitative estimate of drug-likeness (QED) is 0.322. The number of hydroxylamine groups is 2. The van der Waals surface area contributed by atoms with E-state index in [0.717, 1.165) is 30.5 Å². The van der Waals surface area contributed by atoms with Gasteiger partial charge in [0, 0.05) is 6.42 Å². The predicted octanol–water partition coefficient (Wildman–Crippen LogP) is 1.52. The summed E-state index contributed by atoms with van der Waals surface area (Å²) >= 11 is 1.07. The first kappa shape index (κ1) is 7.34. The highest BCUT2D eigenvalue weighted by molar-refractivity contribution is 7.93. The zero-order valence-electron chi connectivity index (χ0n) is 5.41. The van der Waals surface area contributed by atoms with E-state index < -0.39 is 4.21 Å². The predicted molar refractivity (Wildman–Crippen MR) is 36.6 cm³/mol. The Morgan fingerprint density at radius 3 is 2.78 bits per heavy atom. The largest absolute Gasteiger partial charge is 0.586 e. The Bertz CT molecular complexity index is 107. The van der Waals surface area contributed by atoms with Crippen molar-refractivity contribution in [3.8, 4) is 0 Å². The molecule has 0 spiro atoms. The van der Waals surface area contributed by atoms with Crippen molar-refractivity contribution >= 4 is 11.9 Å². The Morgan fingerprint density at radius 1 is 1.78 bits per heavy atom. The Labute approximate surface area is 58.9 Å². The third-order valence-electron chi connectivity index (χ3n) is 1.60. The minimum absolute atomic E-state index is 0.149. The molecule has 1 N–H and O–H groups in total. The van der Waals surface area contributed by atoms with E-state index >= 15 is 0 Å². The van der Waals surface area contributed by atoms with Gasteiger partial charge in [-0.1, -0.05) is 0 Å². The summed E-state index contributed by atoms with van der Waals surface area (Å²) in [6.07, 6.45) is 1.89. The average molecular weight is 149 g/mol. The fourth-order valence-electron chi connectivity index (χ4n) is 0.864. The molecule has 0 aromatic rings. The van der Waals surface area contributed by atoms with Crippen molar-refractivity contribution in [2.45, 2.75) is 25.8 Å². The van der Waals surface area contributed by atoms with Crippen molar-refractivity contribution in [1.82, 2.24) is 0 Å². The first-order valence-electron chi connectivity index (χ1n) is 3.10. The van der Waals surface area contributed by atoms with Crippen LogP contribution in [0.5, 0.6) is 0 Å². The SMILES string of the molecule is CC1CCCS[N+]1([O-])O. The Kier molecular flexibility index (Phi) is 2.00. The Morgan fingerprint density at radius 2 is 2.44 bits per heavy atom. The van der Waals surface area contributed by atoms with Crippen LogP contribution in [0.15, 0.2) is 0 Å². The monoisotopic (exact) mass is 149 g/mol. The summed E-state index contributed by atoms with van der Waals surface area (Å²) in [5, 5.41) is 19.9. The van der Waals surface area contributed by atoms with E-state index in [0.29, 0.717) is 0 Å². The molecule has 1 aliphatic rings. The molecular weight excluding hydrogens is 138 g/mol. The van der Waals surface area contributed by atoms with Gasteiger partial charge in [-0.25, -0.2) is 5.21 Å². The molecule has 0 bridgehead atoms. The van der Waals surface area contributed by atoms with Gasteiger partial charge in [-0.15, -0.1) is 0 Å². The molecule has 1 fully saturated rings. The van der Waals surface area contributed by atoms with E-state index in [-0.39, 0.29) is 6.04 Å². The van der Waals surface area contributed by atoms with Crippen LogP contribution < -0.4 is 0 Å². The van der Waals surface area contributed by atoms with Crippen molar-refractivity contribution < 1.29 is 9.42 Å². The van der Waals surface area contributed by atoms with Crippen LogP contribution in [0.3, 0.4) is 0 Å². The second-order valence-corrected chi connectivity index (χ2v) is 3.58. The molecule has 0 aromatic heterocycles. The van der Waals surface area contributed by atoms with Crippen LogP contribution in [0.1, 0.15) is 19.8 Å². The Balaban J connectivity index is 2.49. The molecule has 4 heteroatoms. The molecule has 1 aliphatic heterocycles. The lowest BCUT2D eigenvalue weighted by atomic mass is 10.2. The average Bonchev–Trinajstić information content (AvgIpc) is 1.77. The number of hydrogen-bond donors (Lipinski definition) is 1. The van der Waals surface area contributed by atoms with Gasteiger partial charge in [0.1, 0.15) is 18.0 Å². The van der Waals surface area contributed by atoms with Crippen LogP contribution in [0.4, 0.5) is 0 Å². The lowest BCUT2D eigenvalue weighted by molar-refractivity contribution is -0.972. The van der Waals surface area contributed by atoms with Gasteiger partial charge in [0.15, 0.2) is 0 Å². The zero-order valence-corrected chi connectivity index (χ0v) is 6.23. The normalized spacial score (nSPS) is 45.0. The molecule has 54 valence electrons. The van der Waals surface area contributed by atoms with Crippen molar-refractivity contribution in [2.75, 3.05) is 5.75 Å². The maximum absolute atomic E-state index is 10.9. The fraction of sp³-hybridized carbons (Fsp3) is 1.00. The van der Waals surface area contributed by atoms with Crippen molar-refractivity contribution in [1.29, 1.82) is 0 Å². The third-order valence-corrected chi connectivity index (χ3v) is 2.80. The molecule has 1 heterocycles. The van der Waals surface area contributed by atoms with Crippen molar-refractivity contribution in [3.05, 3.63) is 5.21 Å². The van der Waals surface area contributed by atoms with E-state index in [9.17, 15) is 5.21 Å². The van der Waals surface area contributed by atoms with Crippen LogP contribution in [0.2, 0.25) is 0 Å². The summed E-state index contributed by atoms with van der Waals surface area (Å²) in [5.74, 6) is 0.782. The minimum atomic E-state index is -1.10. The van der Waals surface area contributed by atoms with E-state index in [4.69, 9.17) is 5.21 Å². The van der Waals surface area contributed by atoms with Gasteiger partial charge >= 0.3 is 0 Å². The van der Waals surface area contributed by atoms with E-state index in [1.165, 1.54) is 0 Å². The third kappa shape index (κ3) is 1.58. The Hall–Kier alpha value is 0.230. The van der Waals surface area contributed by atoms with Crippen LogP contribution in [0, 0.1) is 5.21 Å². The van der Waals surface area contributed by atoms with E-state index in [1.807, 2.05) is 0 Å². The van der Waals surface area contributed by atoms with Crippen molar-refractivity contribution in [3.63, 3.8) is 0 Å². The molecular formula is C5H11NO2S. The number of rotatable bonds is 0. The first-order valence-corrected chi connectivity index (χ1v) is 4.04. The van der Waals surface area contributed by atoms with Crippen LogP contribution in [-0.2, 0) is 0 Å². The lowest BCUT2D eigenvalue weighted by Gasteiger charge is -2.39. The topological polar surface area (TPSA) is 43.3 Å². The molecule has 0 saturated carbocycles. The summed E-state index contributed by atoms with van der Waals surface area (Å²) in [6.45, 7) is 1.78. The maximum Gasteiger partial charge on any atom is 0.127 e. The van der Waals surface area contributed by atoms with Gasteiger partial charge < -0.3 is 5.21 Å². The minimum Gasteiger partial charge on any atom is -0.586 e. The first-order chi connectivity index (χ1) is 4.13. The molecule has 3 nitrogen and oxygen atoms in total.